The highest BCUT2D eigenvalue weighted by Crippen LogP contribution is 2.28. The van der Waals surface area contributed by atoms with Gasteiger partial charge in [0.1, 0.15) is 5.40 Å². The Morgan fingerprint density at radius 1 is 1.43 bits per heavy atom. The number of benzene rings is 1. The number of thiocyanates is 1. The predicted molar refractivity (Wildman–Crippen MR) is 62.1 cm³/mol. The lowest BCUT2D eigenvalue weighted by atomic mass is 10.1. The van der Waals surface area contributed by atoms with Crippen LogP contribution < -0.4 is 0 Å². The summed E-state index contributed by atoms with van der Waals surface area (Å²) >= 11 is 5.67. The van der Waals surface area contributed by atoms with Crippen LogP contribution in [0.5, 0.6) is 0 Å². The molecular weight excluding hydrogens is 212 g/mol. The van der Waals surface area contributed by atoms with E-state index in [1.807, 2.05) is 31.4 Å². The van der Waals surface area contributed by atoms with Crippen LogP contribution in [0.3, 0.4) is 0 Å². The van der Waals surface area contributed by atoms with Gasteiger partial charge in [0.05, 0.1) is 10.8 Å². The van der Waals surface area contributed by atoms with E-state index in [1.165, 1.54) is 0 Å². The molecule has 70 valence electrons. The average Bonchev–Trinajstić information content (AvgIpc) is 2.14. The van der Waals surface area contributed by atoms with Crippen LogP contribution in [0, 0.1) is 24.5 Å². The first-order valence-corrected chi connectivity index (χ1v) is 5.16. The standard InChI is InChI=1S/C10H8N2S2/c1-7-3-9(12-6-13)4-10(8(7)2)14-5-11/h3-4H,1-2H3. The van der Waals surface area contributed by atoms with Crippen molar-refractivity contribution in [2.24, 2.45) is 4.99 Å². The van der Waals surface area contributed by atoms with Crippen LogP contribution in [0.15, 0.2) is 22.0 Å². The molecule has 0 saturated carbocycles. The third kappa shape index (κ3) is 2.43. The molecule has 0 amide bonds. The number of rotatable bonds is 2. The Morgan fingerprint density at radius 3 is 2.71 bits per heavy atom. The number of aryl methyl sites for hydroxylation is 1. The van der Waals surface area contributed by atoms with E-state index in [2.05, 4.69) is 22.4 Å². The lowest BCUT2D eigenvalue weighted by Crippen LogP contribution is -1.83. The highest BCUT2D eigenvalue weighted by atomic mass is 32.2. The fraction of sp³-hybridized carbons (Fsp3) is 0.200. The Hall–Kier alpha value is -1.14. The molecule has 0 unspecified atom stereocenters. The van der Waals surface area contributed by atoms with Crippen LogP contribution in [-0.4, -0.2) is 5.16 Å². The molecule has 4 heteroatoms. The van der Waals surface area contributed by atoms with E-state index >= 15 is 0 Å². The third-order valence-electron chi connectivity index (χ3n) is 1.93. The first kappa shape index (κ1) is 10.9. The van der Waals surface area contributed by atoms with Crippen LogP contribution >= 0.6 is 24.0 Å². The molecule has 0 atom stereocenters. The maximum absolute atomic E-state index is 8.60. The van der Waals surface area contributed by atoms with Crippen molar-refractivity contribution in [2.75, 3.05) is 0 Å². The second-order valence-electron chi connectivity index (χ2n) is 2.78. The normalized spacial score (nSPS) is 8.93. The molecule has 14 heavy (non-hydrogen) atoms. The smallest absolute Gasteiger partial charge is 0.138 e. The Morgan fingerprint density at radius 2 is 2.14 bits per heavy atom. The van der Waals surface area contributed by atoms with E-state index in [-0.39, 0.29) is 0 Å². The van der Waals surface area contributed by atoms with Gasteiger partial charge in [-0.2, -0.15) is 10.3 Å². The molecular formula is C10H8N2S2. The second-order valence-corrected chi connectivity index (χ2v) is 3.79. The van der Waals surface area contributed by atoms with Gasteiger partial charge in [0.15, 0.2) is 0 Å². The van der Waals surface area contributed by atoms with Gasteiger partial charge in [-0.25, -0.2) is 0 Å². The van der Waals surface area contributed by atoms with Gasteiger partial charge >= 0.3 is 0 Å². The number of nitriles is 1. The van der Waals surface area contributed by atoms with E-state index in [0.717, 1.165) is 33.5 Å². The molecule has 0 aliphatic carbocycles. The fourth-order valence-corrected chi connectivity index (χ4v) is 1.78. The Balaban J connectivity index is 3.28. The fourth-order valence-electron chi connectivity index (χ4n) is 1.08. The van der Waals surface area contributed by atoms with Crippen molar-refractivity contribution in [3.05, 3.63) is 23.3 Å². The van der Waals surface area contributed by atoms with Crippen molar-refractivity contribution in [3.63, 3.8) is 0 Å². The molecule has 0 N–H and O–H groups in total. The minimum absolute atomic E-state index is 0.751. The maximum atomic E-state index is 8.60. The summed E-state index contributed by atoms with van der Waals surface area (Å²) in [6, 6.07) is 3.77. The zero-order valence-corrected chi connectivity index (χ0v) is 9.50. The minimum Gasteiger partial charge on any atom is -0.195 e. The van der Waals surface area contributed by atoms with Gasteiger partial charge < -0.3 is 0 Å². The summed E-state index contributed by atoms with van der Waals surface area (Å²) in [6.07, 6.45) is 0. The van der Waals surface area contributed by atoms with E-state index in [4.69, 9.17) is 5.26 Å². The van der Waals surface area contributed by atoms with E-state index in [1.54, 1.807) is 0 Å². The lowest BCUT2D eigenvalue weighted by Gasteiger charge is -2.05. The van der Waals surface area contributed by atoms with Crippen molar-refractivity contribution in [3.8, 4) is 5.40 Å². The Bertz CT molecular complexity index is 440. The van der Waals surface area contributed by atoms with Crippen LogP contribution in [0.25, 0.3) is 0 Å². The highest BCUT2D eigenvalue weighted by Gasteiger charge is 2.04. The SMILES string of the molecule is Cc1cc(N=C=S)cc(SC#N)c1C. The third-order valence-corrected chi connectivity index (χ3v) is 2.76. The molecule has 0 saturated heterocycles. The zero-order chi connectivity index (χ0) is 10.6. The second kappa shape index (κ2) is 4.92. The number of isothiocyanates is 1. The van der Waals surface area contributed by atoms with Gasteiger partial charge in [0.25, 0.3) is 0 Å². The molecule has 0 aliphatic rings. The molecule has 0 bridgehead atoms. The number of hydrogen-bond acceptors (Lipinski definition) is 4. The largest absolute Gasteiger partial charge is 0.195 e. The number of nitrogens with zero attached hydrogens (tertiary/aromatic N) is 2. The molecule has 0 heterocycles. The maximum Gasteiger partial charge on any atom is 0.138 e. The van der Waals surface area contributed by atoms with Crippen molar-refractivity contribution in [1.82, 2.24) is 0 Å². The summed E-state index contributed by atoms with van der Waals surface area (Å²) in [7, 11) is 0. The molecule has 0 aromatic heterocycles. The van der Waals surface area contributed by atoms with Crippen molar-refractivity contribution in [1.29, 1.82) is 5.26 Å². The van der Waals surface area contributed by atoms with Crippen LogP contribution in [0.1, 0.15) is 11.1 Å². The molecule has 1 aromatic carbocycles. The van der Waals surface area contributed by atoms with E-state index in [9.17, 15) is 0 Å². The Kier molecular flexibility index (Phi) is 3.84. The van der Waals surface area contributed by atoms with E-state index in [0.29, 0.717) is 0 Å². The van der Waals surface area contributed by atoms with Crippen molar-refractivity contribution in [2.45, 2.75) is 18.7 Å². The first-order chi connectivity index (χ1) is 6.69. The predicted octanol–water partition coefficient (Wildman–Crippen LogP) is 3.61. The first-order valence-electron chi connectivity index (χ1n) is 3.94. The Labute approximate surface area is 92.7 Å². The molecule has 1 aromatic rings. The summed E-state index contributed by atoms with van der Waals surface area (Å²) in [5.74, 6) is 0. The van der Waals surface area contributed by atoms with Crippen LogP contribution in [-0.2, 0) is 0 Å². The topological polar surface area (TPSA) is 36.1 Å². The van der Waals surface area contributed by atoms with Gasteiger partial charge in [0.2, 0.25) is 0 Å². The number of thioether (sulfide) groups is 1. The number of aliphatic imine (C=N–C) groups is 1. The highest BCUT2D eigenvalue weighted by molar-refractivity contribution is 8.03. The number of hydrogen-bond donors (Lipinski definition) is 0. The molecule has 0 radical (unpaired) electrons. The van der Waals surface area contributed by atoms with Crippen LogP contribution in [0.4, 0.5) is 5.69 Å². The van der Waals surface area contributed by atoms with Gasteiger partial charge in [0, 0.05) is 4.90 Å². The van der Waals surface area contributed by atoms with Crippen molar-refractivity contribution >= 4 is 34.8 Å². The van der Waals surface area contributed by atoms with Crippen LogP contribution in [0.2, 0.25) is 0 Å². The number of thiocarbonyl (C=S) groups is 1. The summed E-state index contributed by atoms with van der Waals surface area (Å²) < 4.78 is 0. The zero-order valence-electron chi connectivity index (χ0n) is 7.87. The average molecular weight is 220 g/mol. The monoisotopic (exact) mass is 220 g/mol. The molecule has 0 aliphatic heterocycles. The van der Waals surface area contributed by atoms with Gasteiger partial charge in [-0.3, -0.25) is 0 Å². The lowest BCUT2D eigenvalue weighted by molar-refractivity contribution is 1.23. The summed E-state index contributed by atoms with van der Waals surface area (Å²) in [5, 5.41) is 13.0. The van der Waals surface area contributed by atoms with Gasteiger partial charge in [-0.05, 0) is 61.1 Å². The summed E-state index contributed by atoms with van der Waals surface area (Å²) in [4.78, 5) is 4.82. The van der Waals surface area contributed by atoms with Gasteiger partial charge in [-0.15, -0.1) is 0 Å². The summed E-state index contributed by atoms with van der Waals surface area (Å²) in [5.41, 5.74) is 2.97. The minimum atomic E-state index is 0.751. The van der Waals surface area contributed by atoms with Gasteiger partial charge in [-0.1, -0.05) is 0 Å². The summed E-state index contributed by atoms with van der Waals surface area (Å²) in [6.45, 7) is 3.97. The molecule has 0 fully saturated rings. The molecule has 1 rings (SSSR count). The molecule has 2 nitrogen and oxygen atoms in total. The van der Waals surface area contributed by atoms with Crippen molar-refractivity contribution < 1.29 is 0 Å². The molecule has 0 spiro atoms. The van der Waals surface area contributed by atoms with E-state index < -0.39 is 0 Å². The quantitative estimate of drug-likeness (QED) is 0.330.